The molecule has 0 saturated carbocycles. The fourth-order valence-corrected chi connectivity index (χ4v) is 2.04. The molecule has 0 spiro atoms. The van der Waals surface area contributed by atoms with E-state index in [4.69, 9.17) is 17.3 Å². The predicted octanol–water partition coefficient (Wildman–Crippen LogP) is 1.74. The summed E-state index contributed by atoms with van der Waals surface area (Å²) < 4.78 is 36.1. The van der Waals surface area contributed by atoms with E-state index in [1.807, 2.05) is 0 Å². The zero-order valence-corrected chi connectivity index (χ0v) is 10.1. The second-order valence-corrected chi connectivity index (χ2v) is 4.12. The van der Waals surface area contributed by atoms with Crippen molar-refractivity contribution < 1.29 is 23.4 Å². The van der Waals surface area contributed by atoms with Crippen LogP contribution in [0.1, 0.15) is 5.82 Å². The number of halogens is 2. The van der Waals surface area contributed by atoms with Crippen molar-refractivity contribution in [1.29, 1.82) is 0 Å². The van der Waals surface area contributed by atoms with Gasteiger partial charge in [-0.3, -0.25) is 9.67 Å². The van der Waals surface area contributed by atoms with Crippen LogP contribution in [0.2, 0.25) is 0 Å². The number of nitrogens with zero attached hydrogens (tertiary/aromatic N) is 2. The van der Waals surface area contributed by atoms with Crippen molar-refractivity contribution in [3.8, 4) is 17.2 Å². The molecule has 1 aromatic heterocycles. The average Bonchev–Trinajstić information content (AvgIpc) is 2.86. The van der Waals surface area contributed by atoms with Crippen LogP contribution >= 0.6 is 12.2 Å². The molecule has 3 rings (SSSR count). The topological polar surface area (TPSA) is 72.3 Å². The number of nitrogens with one attached hydrogen (secondary N) is 1. The molecule has 9 heteroatoms. The third-order valence-corrected chi connectivity index (χ3v) is 2.80. The number of fused-ring (bicyclic) bond motifs is 1. The quantitative estimate of drug-likeness (QED) is 0.823. The SMILES string of the molecule is OCc1n[nH]c(=S)n1-c1ccc2c(c1)OC(F)(F)O2. The molecule has 19 heavy (non-hydrogen) atoms. The summed E-state index contributed by atoms with van der Waals surface area (Å²) in [4.78, 5) is 0. The second-order valence-electron chi connectivity index (χ2n) is 3.74. The molecule has 0 unspecified atom stereocenters. The van der Waals surface area contributed by atoms with E-state index < -0.39 is 6.29 Å². The van der Waals surface area contributed by atoms with Crippen molar-refractivity contribution in [2.45, 2.75) is 12.9 Å². The first-order valence-corrected chi connectivity index (χ1v) is 5.58. The minimum absolute atomic E-state index is 0.0608. The maximum Gasteiger partial charge on any atom is 0.586 e. The molecule has 0 atom stereocenters. The van der Waals surface area contributed by atoms with Gasteiger partial charge in [-0.1, -0.05) is 0 Å². The average molecular weight is 287 g/mol. The summed E-state index contributed by atoms with van der Waals surface area (Å²) in [7, 11) is 0. The van der Waals surface area contributed by atoms with E-state index in [1.165, 1.54) is 22.8 Å². The highest BCUT2D eigenvalue weighted by molar-refractivity contribution is 7.71. The molecule has 2 N–H and O–H groups in total. The maximum absolute atomic E-state index is 12.9. The maximum atomic E-state index is 12.9. The van der Waals surface area contributed by atoms with Crippen LogP contribution in [0.4, 0.5) is 8.78 Å². The largest absolute Gasteiger partial charge is 0.586 e. The summed E-state index contributed by atoms with van der Waals surface area (Å²) in [6.07, 6.45) is -3.67. The number of H-pyrrole nitrogens is 1. The van der Waals surface area contributed by atoms with Gasteiger partial charge in [0, 0.05) is 6.07 Å². The van der Waals surface area contributed by atoms with Crippen LogP contribution in [0.15, 0.2) is 18.2 Å². The molecule has 2 heterocycles. The Kier molecular flexibility index (Phi) is 2.54. The van der Waals surface area contributed by atoms with E-state index in [2.05, 4.69) is 19.7 Å². The van der Waals surface area contributed by atoms with Crippen LogP contribution in [0.5, 0.6) is 11.5 Å². The van der Waals surface area contributed by atoms with Gasteiger partial charge in [0.05, 0.1) is 5.69 Å². The molecule has 1 aliphatic rings. The number of rotatable bonds is 2. The van der Waals surface area contributed by atoms with Gasteiger partial charge >= 0.3 is 6.29 Å². The second kappa shape index (κ2) is 4.00. The number of alkyl halides is 2. The number of ether oxygens (including phenoxy) is 2. The van der Waals surface area contributed by atoms with Gasteiger partial charge in [-0.05, 0) is 24.4 Å². The molecular weight excluding hydrogens is 280 g/mol. The third kappa shape index (κ3) is 1.96. The van der Waals surface area contributed by atoms with Crippen molar-refractivity contribution in [1.82, 2.24) is 14.8 Å². The van der Waals surface area contributed by atoms with Gasteiger partial charge in [-0.2, -0.15) is 5.10 Å². The van der Waals surface area contributed by atoms with E-state index in [0.29, 0.717) is 5.69 Å². The number of benzene rings is 1. The molecule has 2 aromatic rings. The number of hydrogen-bond acceptors (Lipinski definition) is 5. The molecule has 100 valence electrons. The predicted molar refractivity (Wildman–Crippen MR) is 60.9 cm³/mol. The smallest absolute Gasteiger partial charge is 0.395 e. The highest BCUT2D eigenvalue weighted by Crippen LogP contribution is 2.41. The lowest BCUT2D eigenvalue weighted by Gasteiger charge is -2.05. The first-order valence-electron chi connectivity index (χ1n) is 5.17. The molecule has 0 saturated heterocycles. The van der Waals surface area contributed by atoms with Gasteiger partial charge in [0.15, 0.2) is 22.1 Å². The van der Waals surface area contributed by atoms with Gasteiger partial charge in [0.2, 0.25) is 0 Å². The summed E-state index contributed by atoms with van der Waals surface area (Å²) in [5.74, 6) is 0.0967. The van der Waals surface area contributed by atoms with E-state index in [0.717, 1.165) is 0 Å². The number of aromatic amines is 1. The number of aromatic nitrogens is 3. The standard InChI is InChI=1S/C10H7F2N3O3S/c11-10(12)17-6-2-1-5(3-7(6)18-10)15-8(4-16)13-14-9(15)19/h1-3,16H,4H2,(H,14,19). The van der Waals surface area contributed by atoms with Gasteiger partial charge in [0.25, 0.3) is 0 Å². The normalized spacial score (nSPS) is 15.7. The van der Waals surface area contributed by atoms with Gasteiger partial charge < -0.3 is 14.6 Å². The fraction of sp³-hybridized carbons (Fsp3) is 0.200. The third-order valence-electron chi connectivity index (χ3n) is 2.53. The molecule has 0 radical (unpaired) electrons. The summed E-state index contributed by atoms with van der Waals surface area (Å²) >= 11 is 5.01. The molecule has 6 nitrogen and oxygen atoms in total. The monoisotopic (exact) mass is 287 g/mol. The number of aliphatic hydroxyl groups excluding tert-OH is 1. The summed E-state index contributed by atoms with van der Waals surface area (Å²) in [6.45, 7) is -0.349. The molecular formula is C10H7F2N3O3S. The van der Waals surface area contributed by atoms with Gasteiger partial charge in [-0.25, -0.2) is 0 Å². The molecule has 0 fully saturated rings. The van der Waals surface area contributed by atoms with Crippen LogP contribution < -0.4 is 9.47 Å². The van der Waals surface area contributed by atoms with E-state index >= 15 is 0 Å². The Morgan fingerprint density at radius 1 is 1.37 bits per heavy atom. The lowest BCUT2D eigenvalue weighted by Crippen LogP contribution is -2.25. The lowest BCUT2D eigenvalue weighted by atomic mass is 10.2. The van der Waals surface area contributed by atoms with Gasteiger partial charge in [-0.15, -0.1) is 8.78 Å². The Morgan fingerprint density at radius 3 is 2.84 bits per heavy atom. The van der Waals surface area contributed by atoms with Crippen molar-refractivity contribution >= 4 is 12.2 Å². The minimum atomic E-state index is -3.67. The summed E-state index contributed by atoms with van der Waals surface area (Å²) in [5.41, 5.74) is 0.433. The zero-order valence-electron chi connectivity index (χ0n) is 9.26. The van der Waals surface area contributed by atoms with Gasteiger partial charge in [0.1, 0.15) is 6.61 Å². The Hall–Kier alpha value is -2.00. The van der Waals surface area contributed by atoms with Crippen LogP contribution in [0.3, 0.4) is 0 Å². The van der Waals surface area contributed by atoms with Crippen LogP contribution in [0, 0.1) is 4.77 Å². The zero-order chi connectivity index (χ0) is 13.6. The molecule has 1 aliphatic heterocycles. The summed E-state index contributed by atoms with van der Waals surface area (Å²) in [5, 5.41) is 15.5. The molecule has 0 bridgehead atoms. The van der Waals surface area contributed by atoms with Crippen molar-refractivity contribution in [3.05, 3.63) is 28.8 Å². The molecule has 1 aromatic carbocycles. The molecule has 0 aliphatic carbocycles. The fourth-order valence-electron chi connectivity index (χ4n) is 1.78. The highest BCUT2D eigenvalue weighted by atomic mass is 32.1. The first-order chi connectivity index (χ1) is 9.00. The van der Waals surface area contributed by atoms with Crippen LogP contribution in [-0.4, -0.2) is 26.2 Å². The Morgan fingerprint density at radius 2 is 2.11 bits per heavy atom. The van der Waals surface area contributed by atoms with Crippen molar-refractivity contribution in [2.24, 2.45) is 0 Å². The van der Waals surface area contributed by atoms with Crippen LogP contribution in [-0.2, 0) is 6.61 Å². The Bertz CT molecular complexity index is 698. The molecule has 0 amide bonds. The van der Waals surface area contributed by atoms with Crippen molar-refractivity contribution in [3.63, 3.8) is 0 Å². The van der Waals surface area contributed by atoms with E-state index in [-0.39, 0.29) is 28.7 Å². The summed E-state index contributed by atoms with van der Waals surface area (Å²) in [6, 6.07) is 4.18. The minimum Gasteiger partial charge on any atom is -0.395 e. The number of hydrogen-bond donors (Lipinski definition) is 2. The van der Waals surface area contributed by atoms with E-state index in [1.54, 1.807) is 0 Å². The Labute approximate surface area is 110 Å². The Balaban J connectivity index is 2.09. The van der Waals surface area contributed by atoms with E-state index in [9.17, 15) is 8.78 Å². The van der Waals surface area contributed by atoms with Crippen LogP contribution in [0.25, 0.3) is 5.69 Å². The number of aliphatic hydroxyl groups is 1. The first kappa shape index (κ1) is 12.1. The van der Waals surface area contributed by atoms with Crippen molar-refractivity contribution in [2.75, 3.05) is 0 Å². The highest BCUT2D eigenvalue weighted by Gasteiger charge is 2.43. The lowest BCUT2D eigenvalue weighted by molar-refractivity contribution is -0.286.